The van der Waals surface area contributed by atoms with Gasteiger partial charge in [-0.05, 0) is 64.2 Å². The van der Waals surface area contributed by atoms with Gasteiger partial charge in [-0.3, -0.25) is 0 Å². The van der Waals surface area contributed by atoms with Gasteiger partial charge in [0.05, 0.1) is 6.10 Å². The lowest BCUT2D eigenvalue weighted by Crippen LogP contribution is -2.48. The molecule has 1 N–H and O–H groups in total. The number of piperidine rings is 1. The van der Waals surface area contributed by atoms with Gasteiger partial charge in [0.1, 0.15) is 5.60 Å². The molecule has 0 aromatic heterocycles. The standard InChI is InChI=1S/C16H29NO3/c1-11-10-17(14(19)20-15(3,4)5)9-6-13(11)16(7-8-16)12(2)18/h11-13,18H,6-10H2,1-5H3. The number of aliphatic hydroxyl groups is 1. The number of hydrogen-bond acceptors (Lipinski definition) is 3. The van der Waals surface area contributed by atoms with Gasteiger partial charge in [0, 0.05) is 13.1 Å². The van der Waals surface area contributed by atoms with E-state index in [0.717, 1.165) is 32.4 Å². The Balaban J connectivity index is 1.94. The first-order valence-corrected chi connectivity index (χ1v) is 7.82. The lowest BCUT2D eigenvalue weighted by atomic mass is 9.73. The summed E-state index contributed by atoms with van der Waals surface area (Å²) in [4.78, 5) is 13.9. The zero-order valence-corrected chi connectivity index (χ0v) is 13.5. The van der Waals surface area contributed by atoms with E-state index in [-0.39, 0.29) is 17.6 Å². The van der Waals surface area contributed by atoms with Crippen molar-refractivity contribution in [3.05, 3.63) is 0 Å². The van der Waals surface area contributed by atoms with Crippen LogP contribution in [-0.4, -0.2) is 40.9 Å². The van der Waals surface area contributed by atoms with E-state index in [2.05, 4.69) is 6.92 Å². The minimum Gasteiger partial charge on any atom is -0.444 e. The number of amides is 1. The first-order chi connectivity index (χ1) is 9.16. The Morgan fingerprint density at radius 3 is 2.40 bits per heavy atom. The molecule has 1 aliphatic heterocycles. The number of rotatable bonds is 2. The van der Waals surface area contributed by atoms with Gasteiger partial charge in [-0.25, -0.2) is 4.79 Å². The van der Waals surface area contributed by atoms with Gasteiger partial charge in [0.2, 0.25) is 0 Å². The van der Waals surface area contributed by atoms with Gasteiger partial charge in [-0.15, -0.1) is 0 Å². The SMILES string of the molecule is CC1CN(C(=O)OC(C)(C)C)CCC1C1(C(C)O)CC1. The third-order valence-corrected chi connectivity index (χ3v) is 4.95. The van der Waals surface area contributed by atoms with E-state index in [1.165, 1.54) is 0 Å². The highest BCUT2D eigenvalue weighted by molar-refractivity contribution is 5.68. The summed E-state index contributed by atoms with van der Waals surface area (Å²) < 4.78 is 5.45. The predicted molar refractivity (Wildman–Crippen MR) is 78.4 cm³/mol. The van der Waals surface area contributed by atoms with Crippen LogP contribution in [0.5, 0.6) is 0 Å². The largest absolute Gasteiger partial charge is 0.444 e. The van der Waals surface area contributed by atoms with Crippen LogP contribution in [0, 0.1) is 17.3 Å². The maximum absolute atomic E-state index is 12.1. The summed E-state index contributed by atoms with van der Waals surface area (Å²) in [5.74, 6) is 0.953. The molecule has 3 atom stereocenters. The maximum Gasteiger partial charge on any atom is 0.410 e. The fraction of sp³-hybridized carbons (Fsp3) is 0.938. The zero-order valence-electron chi connectivity index (χ0n) is 13.5. The fourth-order valence-corrected chi connectivity index (χ4v) is 3.73. The molecule has 1 heterocycles. The highest BCUT2D eigenvalue weighted by Gasteiger charge is 2.55. The van der Waals surface area contributed by atoms with Crippen molar-refractivity contribution in [2.75, 3.05) is 13.1 Å². The molecule has 4 heteroatoms. The summed E-state index contributed by atoms with van der Waals surface area (Å²) in [6.45, 7) is 11.3. The topological polar surface area (TPSA) is 49.8 Å². The van der Waals surface area contributed by atoms with Crippen LogP contribution in [0.25, 0.3) is 0 Å². The molecule has 1 saturated heterocycles. The second-order valence-corrected chi connectivity index (χ2v) is 7.71. The maximum atomic E-state index is 12.1. The molecule has 2 fully saturated rings. The number of carbonyl (C=O) groups is 1. The minimum absolute atomic E-state index is 0.124. The van der Waals surface area contributed by atoms with Crippen molar-refractivity contribution in [1.82, 2.24) is 4.90 Å². The van der Waals surface area contributed by atoms with Gasteiger partial charge in [0.25, 0.3) is 0 Å². The van der Waals surface area contributed by atoms with Crippen LogP contribution in [0.15, 0.2) is 0 Å². The highest BCUT2D eigenvalue weighted by atomic mass is 16.6. The van der Waals surface area contributed by atoms with Gasteiger partial charge in [0.15, 0.2) is 0 Å². The molecule has 3 unspecified atom stereocenters. The Morgan fingerprint density at radius 1 is 1.40 bits per heavy atom. The average Bonchev–Trinajstić information content (AvgIpc) is 3.07. The molecule has 116 valence electrons. The molecule has 4 nitrogen and oxygen atoms in total. The van der Waals surface area contributed by atoms with E-state index >= 15 is 0 Å². The Bertz CT molecular complexity index is 368. The quantitative estimate of drug-likeness (QED) is 0.847. The molecule has 0 aromatic carbocycles. The van der Waals surface area contributed by atoms with Crippen molar-refractivity contribution in [3.63, 3.8) is 0 Å². The van der Waals surface area contributed by atoms with Crippen LogP contribution in [0.2, 0.25) is 0 Å². The molecule has 2 aliphatic rings. The van der Waals surface area contributed by atoms with Crippen molar-refractivity contribution in [2.45, 2.75) is 65.6 Å². The summed E-state index contributed by atoms with van der Waals surface area (Å²) in [6, 6.07) is 0. The van der Waals surface area contributed by atoms with Crippen LogP contribution in [0.1, 0.15) is 53.9 Å². The number of carbonyl (C=O) groups excluding carboxylic acids is 1. The summed E-state index contributed by atoms with van der Waals surface area (Å²) in [6.07, 6.45) is 2.80. The monoisotopic (exact) mass is 283 g/mol. The Hall–Kier alpha value is -0.770. The van der Waals surface area contributed by atoms with Gasteiger partial charge in [-0.1, -0.05) is 6.92 Å². The molecular weight excluding hydrogens is 254 g/mol. The first-order valence-electron chi connectivity index (χ1n) is 7.82. The van der Waals surface area contributed by atoms with Crippen molar-refractivity contribution in [3.8, 4) is 0 Å². The first kappa shape index (κ1) is 15.6. The smallest absolute Gasteiger partial charge is 0.410 e. The van der Waals surface area contributed by atoms with Crippen molar-refractivity contribution < 1.29 is 14.6 Å². The zero-order chi connectivity index (χ0) is 15.1. The highest BCUT2D eigenvalue weighted by Crippen LogP contribution is 2.58. The van der Waals surface area contributed by atoms with Crippen LogP contribution in [0.3, 0.4) is 0 Å². The van der Waals surface area contributed by atoms with Crippen molar-refractivity contribution in [2.24, 2.45) is 17.3 Å². The van der Waals surface area contributed by atoms with E-state index in [1.807, 2.05) is 32.6 Å². The molecule has 1 amide bonds. The Labute approximate surface area is 122 Å². The summed E-state index contributed by atoms with van der Waals surface area (Å²) in [5, 5.41) is 10.0. The van der Waals surface area contributed by atoms with Gasteiger partial charge < -0.3 is 14.7 Å². The predicted octanol–water partition coefficient (Wildman–Crippen LogP) is 3.04. The molecule has 0 bridgehead atoms. The molecule has 1 saturated carbocycles. The van der Waals surface area contributed by atoms with Crippen LogP contribution in [-0.2, 0) is 4.74 Å². The van der Waals surface area contributed by atoms with E-state index in [9.17, 15) is 9.90 Å². The minimum atomic E-state index is -0.436. The summed E-state index contributed by atoms with van der Waals surface area (Å²) >= 11 is 0. The number of hydrogen-bond donors (Lipinski definition) is 1. The molecule has 1 aliphatic carbocycles. The lowest BCUT2D eigenvalue weighted by molar-refractivity contribution is -0.0124. The van der Waals surface area contributed by atoms with E-state index < -0.39 is 5.60 Å². The molecule has 20 heavy (non-hydrogen) atoms. The van der Waals surface area contributed by atoms with Gasteiger partial charge >= 0.3 is 6.09 Å². The molecule has 0 aromatic rings. The summed E-state index contributed by atoms with van der Waals surface area (Å²) in [7, 11) is 0. The number of ether oxygens (including phenoxy) is 1. The molecular formula is C16H29NO3. The molecule has 2 rings (SSSR count). The Morgan fingerprint density at radius 2 is 2.00 bits per heavy atom. The van der Waals surface area contributed by atoms with Crippen molar-refractivity contribution in [1.29, 1.82) is 0 Å². The van der Waals surface area contributed by atoms with E-state index in [0.29, 0.717) is 11.8 Å². The number of nitrogens with zero attached hydrogens (tertiary/aromatic N) is 1. The normalized spacial score (nSPS) is 30.8. The molecule has 0 radical (unpaired) electrons. The van der Waals surface area contributed by atoms with E-state index in [1.54, 1.807) is 0 Å². The second kappa shape index (κ2) is 5.21. The third kappa shape index (κ3) is 3.11. The van der Waals surface area contributed by atoms with Crippen LogP contribution in [0.4, 0.5) is 4.79 Å². The fourth-order valence-electron chi connectivity index (χ4n) is 3.73. The van der Waals surface area contributed by atoms with Crippen LogP contribution < -0.4 is 0 Å². The van der Waals surface area contributed by atoms with E-state index in [4.69, 9.17) is 4.74 Å². The number of aliphatic hydroxyl groups excluding tert-OH is 1. The Kier molecular flexibility index (Phi) is 4.07. The average molecular weight is 283 g/mol. The second-order valence-electron chi connectivity index (χ2n) is 7.71. The third-order valence-electron chi connectivity index (χ3n) is 4.95. The summed E-state index contributed by atoms with van der Waals surface area (Å²) in [5.41, 5.74) is -0.312. The lowest BCUT2D eigenvalue weighted by Gasteiger charge is -2.42. The number of likely N-dealkylation sites (tertiary alicyclic amines) is 1. The van der Waals surface area contributed by atoms with Crippen LogP contribution >= 0.6 is 0 Å². The van der Waals surface area contributed by atoms with Crippen molar-refractivity contribution >= 4 is 6.09 Å². The van der Waals surface area contributed by atoms with Gasteiger partial charge in [-0.2, -0.15) is 0 Å². The molecule has 0 spiro atoms.